The van der Waals surface area contributed by atoms with E-state index in [-0.39, 0.29) is 11.7 Å². The third-order valence-electron chi connectivity index (χ3n) is 2.06. The van der Waals surface area contributed by atoms with E-state index in [1.807, 2.05) is 44.2 Å². The molecule has 1 heteroatoms. The van der Waals surface area contributed by atoms with Crippen LogP contribution in [0.1, 0.15) is 25.3 Å². The summed E-state index contributed by atoms with van der Waals surface area (Å²) < 4.78 is 0. The first kappa shape index (κ1) is 9.72. The molecule has 0 aliphatic heterocycles. The number of hydrogen-bond donors (Lipinski definition) is 0. The van der Waals surface area contributed by atoms with Crippen molar-refractivity contribution in [1.29, 1.82) is 0 Å². The highest BCUT2D eigenvalue weighted by Crippen LogP contribution is 2.15. The summed E-state index contributed by atoms with van der Waals surface area (Å²) in [4.78, 5) is 11.5. The number of carbonyl (C=O) groups excluding carboxylic acids is 1. The van der Waals surface area contributed by atoms with E-state index in [1.54, 1.807) is 12.2 Å². The van der Waals surface area contributed by atoms with Gasteiger partial charge in [-0.15, -0.1) is 0 Å². The number of carbonyl (C=O) groups is 1. The zero-order chi connectivity index (χ0) is 9.68. The van der Waals surface area contributed by atoms with Crippen LogP contribution in [-0.4, -0.2) is 5.78 Å². The smallest absolute Gasteiger partial charge is 0.162 e. The number of allylic oxidation sites excluding steroid dienone is 2. The van der Waals surface area contributed by atoms with Crippen LogP contribution in [0.2, 0.25) is 0 Å². The summed E-state index contributed by atoms with van der Waals surface area (Å²) >= 11 is 0. The molecule has 0 spiro atoms. The lowest BCUT2D eigenvalue weighted by Gasteiger charge is -2.06. The van der Waals surface area contributed by atoms with Crippen molar-refractivity contribution in [3.63, 3.8) is 0 Å². The predicted octanol–water partition coefficient (Wildman–Crippen LogP) is 2.94. The molecule has 0 saturated carbocycles. The first-order valence-corrected chi connectivity index (χ1v) is 4.47. The minimum Gasteiger partial charge on any atom is -0.294 e. The Kier molecular flexibility index (Phi) is 3.44. The van der Waals surface area contributed by atoms with E-state index < -0.39 is 0 Å². The van der Waals surface area contributed by atoms with Crippen molar-refractivity contribution in [3.8, 4) is 0 Å². The van der Waals surface area contributed by atoms with Gasteiger partial charge in [-0.2, -0.15) is 0 Å². The molecule has 0 unspecified atom stereocenters. The van der Waals surface area contributed by atoms with Crippen LogP contribution in [0.3, 0.4) is 0 Å². The summed E-state index contributed by atoms with van der Waals surface area (Å²) in [6.45, 7) is 3.78. The summed E-state index contributed by atoms with van der Waals surface area (Å²) in [6.07, 6.45) is 3.40. The van der Waals surface area contributed by atoms with Crippen molar-refractivity contribution in [3.05, 3.63) is 48.0 Å². The van der Waals surface area contributed by atoms with Gasteiger partial charge in [-0.05, 0) is 18.6 Å². The highest BCUT2D eigenvalue weighted by atomic mass is 16.1. The molecule has 0 N–H and O–H groups in total. The molecule has 0 aromatic heterocycles. The number of ketones is 1. The molecule has 1 rings (SSSR count). The molecule has 0 bridgehead atoms. The first-order chi connectivity index (χ1) is 6.25. The lowest BCUT2D eigenvalue weighted by atomic mass is 9.97. The zero-order valence-corrected chi connectivity index (χ0v) is 8.03. The Bertz CT molecular complexity index is 298. The fourth-order valence-electron chi connectivity index (χ4n) is 1.21. The monoisotopic (exact) mass is 174 g/mol. The molecule has 0 fully saturated rings. The van der Waals surface area contributed by atoms with Gasteiger partial charge in [0.2, 0.25) is 0 Å². The van der Waals surface area contributed by atoms with Gasteiger partial charge in [0.25, 0.3) is 0 Å². The normalized spacial score (nSPS) is 13.1. The van der Waals surface area contributed by atoms with Gasteiger partial charge in [-0.3, -0.25) is 4.79 Å². The number of benzene rings is 1. The van der Waals surface area contributed by atoms with Gasteiger partial charge in [0.05, 0.1) is 0 Å². The molecule has 1 aromatic carbocycles. The lowest BCUT2D eigenvalue weighted by Crippen LogP contribution is -2.05. The van der Waals surface area contributed by atoms with Crippen LogP contribution in [0.4, 0.5) is 0 Å². The molecule has 0 radical (unpaired) electrons. The molecule has 0 aliphatic rings. The van der Waals surface area contributed by atoms with Crippen LogP contribution in [0, 0.1) is 0 Å². The Labute approximate surface area is 79.1 Å². The molecule has 0 aliphatic carbocycles. The van der Waals surface area contributed by atoms with Crippen molar-refractivity contribution in [2.45, 2.75) is 19.8 Å². The van der Waals surface area contributed by atoms with Gasteiger partial charge in [0.15, 0.2) is 5.78 Å². The molecular weight excluding hydrogens is 160 g/mol. The third kappa shape index (κ3) is 2.55. The van der Waals surface area contributed by atoms with E-state index in [4.69, 9.17) is 0 Å². The Morgan fingerprint density at radius 3 is 2.46 bits per heavy atom. The van der Waals surface area contributed by atoms with Crippen LogP contribution in [0.5, 0.6) is 0 Å². The molecule has 68 valence electrons. The summed E-state index contributed by atoms with van der Waals surface area (Å²) in [5.41, 5.74) is 1.07. The first-order valence-electron chi connectivity index (χ1n) is 4.47. The van der Waals surface area contributed by atoms with Gasteiger partial charge in [0, 0.05) is 5.92 Å². The largest absolute Gasteiger partial charge is 0.294 e. The van der Waals surface area contributed by atoms with Gasteiger partial charge < -0.3 is 0 Å². The van der Waals surface area contributed by atoms with Gasteiger partial charge in [-0.25, -0.2) is 0 Å². The topological polar surface area (TPSA) is 17.1 Å². The quantitative estimate of drug-likeness (QED) is 0.644. The van der Waals surface area contributed by atoms with Crippen molar-refractivity contribution >= 4 is 5.78 Å². The Balaban J connectivity index is 2.79. The fourth-order valence-corrected chi connectivity index (χ4v) is 1.21. The predicted molar refractivity (Wildman–Crippen MR) is 54.7 cm³/mol. The van der Waals surface area contributed by atoms with Crippen LogP contribution in [-0.2, 0) is 4.79 Å². The highest BCUT2D eigenvalue weighted by molar-refractivity contribution is 5.94. The van der Waals surface area contributed by atoms with E-state index in [0.29, 0.717) is 0 Å². The summed E-state index contributed by atoms with van der Waals surface area (Å²) in [5.74, 6) is 0.131. The van der Waals surface area contributed by atoms with E-state index >= 15 is 0 Å². The molecule has 1 nitrogen and oxygen atoms in total. The lowest BCUT2D eigenvalue weighted by molar-refractivity contribution is -0.115. The van der Waals surface area contributed by atoms with Crippen molar-refractivity contribution in [2.24, 2.45) is 0 Å². The SMILES string of the molecule is C/C=C/C(=O)[C@@H](C)c1ccccc1. The van der Waals surface area contributed by atoms with E-state index in [9.17, 15) is 4.79 Å². The molecule has 0 saturated heterocycles. The highest BCUT2D eigenvalue weighted by Gasteiger charge is 2.10. The second-order valence-corrected chi connectivity index (χ2v) is 3.03. The second-order valence-electron chi connectivity index (χ2n) is 3.03. The van der Waals surface area contributed by atoms with E-state index in [2.05, 4.69) is 0 Å². The van der Waals surface area contributed by atoms with Crippen LogP contribution < -0.4 is 0 Å². The Hall–Kier alpha value is -1.37. The maximum atomic E-state index is 11.5. The molecule has 1 atom stereocenters. The van der Waals surface area contributed by atoms with Gasteiger partial charge in [-0.1, -0.05) is 43.3 Å². The van der Waals surface area contributed by atoms with Crippen LogP contribution in [0.15, 0.2) is 42.5 Å². The number of rotatable bonds is 3. The minimum absolute atomic E-state index is 0.0302. The Morgan fingerprint density at radius 1 is 1.31 bits per heavy atom. The summed E-state index contributed by atoms with van der Waals surface area (Å²) in [6, 6.07) is 9.82. The summed E-state index contributed by atoms with van der Waals surface area (Å²) in [7, 11) is 0. The summed E-state index contributed by atoms with van der Waals surface area (Å²) in [5, 5.41) is 0. The van der Waals surface area contributed by atoms with Crippen molar-refractivity contribution < 1.29 is 4.79 Å². The van der Waals surface area contributed by atoms with E-state index in [1.165, 1.54) is 0 Å². The fraction of sp³-hybridized carbons (Fsp3) is 0.250. The molecule has 0 heterocycles. The minimum atomic E-state index is -0.0302. The van der Waals surface area contributed by atoms with Crippen molar-refractivity contribution in [2.75, 3.05) is 0 Å². The average Bonchev–Trinajstić information content (AvgIpc) is 2.18. The molecule has 13 heavy (non-hydrogen) atoms. The van der Waals surface area contributed by atoms with Gasteiger partial charge >= 0.3 is 0 Å². The number of hydrogen-bond acceptors (Lipinski definition) is 1. The van der Waals surface area contributed by atoms with Crippen LogP contribution >= 0.6 is 0 Å². The molecular formula is C12H14O. The maximum absolute atomic E-state index is 11.5. The van der Waals surface area contributed by atoms with E-state index in [0.717, 1.165) is 5.56 Å². The molecule has 0 amide bonds. The third-order valence-corrected chi connectivity index (χ3v) is 2.06. The second kappa shape index (κ2) is 4.61. The van der Waals surface area contributed by atoms with Crippen molar-refractivity contribution in [1.82, 2.24) is 0 Å². The van der Waals surface area contributed by atoms with Crippen LogP contribution in [0.25, 0.3) is 0 Å². The zero-order valence-electron chi connectivity index (χ0n) is 8.03. The standard InChI is InChI=1S/C12H14O/c1-3-7-12(13)10(2)11-8-5-4-6-9-11/h3-10H,1-2H3/b7-3+/t10-/m0/s1. The van der Waals surface area contributed by atoms with Gasteiger partial charge in [0.1, 0.15) is 0 Å². The average molecular weight is 174 g/mol. The Morgan fingerprint density at radius 2 is 1.92 bits per heavy atom. The maximum Gasteiger partial charge on any atom is 0.162 e. The molecule has 1 aromatic rings.